The molecule has 0 heterocycles. The first-order chi connectivity index (χ1) is 9.95. The Kier molecular flexibility index (Phi) is 11.4. The molecule has 4 nitrogen and oxygen atoms in total. The zero-order valence-corrected chi connectivity index (χ0v) is 14.6. The van der Waals surface area contributed by atoms with Gasteiger partial charge in [-0.05, 0) is 32.6 Å². The van der Waals surface area contributed by atoms with E-state index < -0.39 is 11.8 Å². The Labute approximate surface area is 130 Å². The summed E-state index contributed by atoms with van der Waals surface area (Å²) in [6, 6.07) is 0. The molecule has 0 aromatic rings. The van der Waals surface area contributed by atoms with Crippen LogP contribution in [-0.2, 0) is 14.5 Å². The van der Waals surface area contributed by atoms with Crippen LogP contribution >= 0.6 is 0 Å². The Hall–Kier alpha value is -0.770. The molecule has 0 fully saturated rings. The fraction of sp³-hybridized carbons (Fsp3) is 0.941. The average Bonchev–Trinajstić information content (AvgIpc) is 2.45. The normalized spacial score (nSPS) is 13.0. The van der Waals surface area contributed by atoms with Gasteiger partial charge in [0, 0.05) is 0 Å². The molecular weight excluding hydrogens is 268 g/mol. The number of hydrogen-bond acceptors (Lipinski definition) is 4. The highest BCUT2D eigenvalue weighted by Crippen LogP contribution is 2.19. The molecule has 0 saturated heterocycles. The van der Waals surface area contributed by atoms with E-state index in [1.54, 1.807) is 0 Å². The third-order valence-electron chi connectivity index (χ3n) is 3.70. The number of carbonyl (C=O) groups excluding carboxylic acids is 1. The van der Waals surface area contributed by atoms with Crippen LogP contribution < -0.4 is 0 Å². The topological polar surface area (TPSA) is 44.8 Å². The molecule has 0 amide bonds. The summed E-state index contributed by atoms with van der Waals surface area (Å²) in [5.41, 5.74) is -0.458. The van der Waals surface area contributed by atoms with Gasteiger partial charge in [-0.1, -0.05) is 59.3 Å². The van der Waals surface area contributed by atoms with Crippen molar-refractivity contribution in [2.75, 3.05) is 6.61 Å². The predicted molar refractivity (Wildman–Crippen MR) is 85.0 cm³/mol. The summed E-state index contributed by atoms with van der Waals surface area (Å²) >= 11 is 0. The van der Waals surface area contributed by atoms with Crippen molar-refractivity contribution in [2.24, 2.45) is 5.92 Å². The van der Waals surface area contributed by atoms with Crippen LogP contribution in [0.1, 0.15) is 86.0 Å². The number of ether oxygens (including phenoxy) is 1. The van der Waals surface area contributed by atoms with Gasteiger partial charge in [-0.15, -0.1) is 0 Å². The monoisotopic (exact) mass is 302 g/mol. The van der Waals surface area contributed by atoms with E-state index in [2.05, 4.69) is 20.8 Å². The lowest BCUT2D eigenvalue weighted by atomic mass is 10.0. The highest BCUT2D eigenvalue weighted by molar-refractivity contribution is 5.58. The Bertz CT molecular complexity index is 264. The van der Waals surface area contributed by atoms with E-state index in [0.29, 0.717) is 12.5 Å². The van der Waals surface area contributed by atoms with E-state index in [4.69, 9.17) is 14.5 Å². The molecule has 0 aliphatic carbocycles. The maximum Gasteiger partial charge on any atom is 0.540 e. The SMILES string of the molecule is CCCCCC(C)(C)OOC(=O)OCC(CC)CCCC. The standard InChI is InChI=1S/C17H34O4/c1-6-9-11-13-17(4,5)21-20-16(18)19-14-15(8-3)12-10-7-2/h15H,6-14H2,1-5H3. The first kappa shape index (κ1) is 20.2. The van der Waals surface area contributed by atoms with Gasteiger partial charge in [0.1, 0.15) is 5.60 Å². The first-order valence-electron chi connectivity index (χ1n) is 8.47. The lowest BCUT2D eigenvalue weighted by Gasteiger charge is -2.22. The zero-order chi connectivity index (χ0) is 16.1. The Morgan fingerprint density at radius 2 is 1.71 bits per heavy atom. The van der Waals surface area contributed by atoms with Crippen molar-refractivity contribution in [3.63, 3.8) is 0 Å². The second-order valence-electron chi connectivity index (χ2n) is 6.36. The Morgan fingerprint density at radius 3 is 2.29 bits per heavy atom. The van der Waals surface area contributed by atoms with Crippen molar-refractivity contribution in [3.8, 4) is 0 Å². The molecule has 21 heavy (non-hydrogen) atoms. The van der Waals surface area contributed by atoms with Crippen LogP contribution in [0.15, 0.2) is 0 Å². The van der Waals surface area contributed by atoms with E-state index in [1.807, 2.05) is 13.8 Å². The fourth-order valence-corrected chi connectivity index (χ4v) is 2.10. The predicted octanol–water partition coefficient (Wildman–Crippen LogP) is 5.65. The molecule has 1 unspecified atom stereocenters. The van der Waals surface area contributed by atoms with E-state index in [9.17, 15) is 4.79 Å². The summed E-state index contributed by atoms with van der Waals surface area (Å²) in [4.78, 5) is 21.5. The van der Waals surface area contributed by atoms with Gasteiger partial charge >= 0.3 is 6.16 Å². The van der Waals surface area contributed by atoms with Gasteiger partial charge in [-0.3, -0.25) is 4.89 Å². The minimum atomic E-state index is -0.728. The Balaban J connectivity index is 3.87. The van der Waals surface area contributed by atoms with Crippen molar-refractivity contribution < 1.29 is 19.3 Å². The van der Waals surface area contributed by atoms with Crippen LogP contribution in [0.2, 0.25) is 0 Å². The molecule has 0 aromatic heterocycles. The van der Waals surface area contributed by atoms with E-state index in [1.165, 1.54) is 0 Å². The summed E-state index contributed by atoms with van der Waals surface area (Å²) < 4.78 is 5.13. The number of carbonyl (C=O) groups is 1. The van der Waals surface area contributed by atoms with Crippen LogP contribution in [0.3, 0.4) is 0 Å². The molecule has 4 heteroatoms. The number of unbranched alkanes of at least 4 members (excludes halogenated alkanes) is 3. The summed E-state index contributed by atoms with van der Waals surface area (Å²) in [6.45, 7) is 10.7. The molecule has 0 N–H and O–H groups in total. The van der Waals surface area contributed by atoms with E-state index in [-0.39, 0.29) is 0 Å². The highest BCUT2D eigenvalue weighted by atomic mass is 17.2. The molecule has 0 rings (SSSR count). The van der Waals surface area contributed by atoms with Gasteiger partial charge in [-0.2, -0.15) is 4.89 Å². The molecule has 1 atom stereocenters. The van der Waals surface area contributed by atoms with Crippen LogP contribution in [0.4, 0.5) is 4.79 Å². The van der Waals surface area contributed by atoms with Crippen molar-refractivity contribution in [1.82, 2.24) is 0 Å². The van der Waals surface area contributed by atoms with E-state index in [0.717, 1.165) is 51.4 Å². The number of rotatable bonds is 12. The third kappa shape index (κ3) is 11.6. The lowest BCUT2D eigenvalue weighted by Crippen LogP contribution is -2.27. The van der Waals surface area contributed by atoms with Gasteiger partial charge in [-0.25, -0.2) is 4.79 Å². The maximum absolute atomic E-state index is 11.5. The molecule has 0 saturated carbocycles. The largest absolute Gasteiger partial charge is 0.540 e. The van der Waals surface area contributed by atoms with Gasteiger partial charge in [0.05, 0.1) is 6.61 Å². The third-order valence-corrected chi connectivity index (χ3v) is 3.70. The molecule has 0 bridgehead atoms. The first-order valence-corrected chi connectivity index (χ1v) is 8.47. The average molecular weight is 302 g/mol. The van der Waals surface area contributed by atoms with Crippen LogP contribution in [-0.4, -0.2) is 18.4 Å². The van der Waals surface area contributed by atoms with Crippen molar-refractivity contribution >= 4 is 6.16 Å². The van der Waals surface area contributed by atoms with Crippen LogP contribution in [0.25, 0.3) is 0 Å². The Morgan fingerprint density at radius 1 is 1.05 bits per heavy atom. The number of hydrogen-bond donors (Lipinski definition) is 0. The minimum Gasteiger partial charge on any atom is -0.432 e. The lowest BCUT2D eigenvalue weighted by molar-refractivity contribution is -0.319. The van der Waals surface area contributed by atoms with Crippen LogP contribution in [0.5, 0.6) is 0 Å². The zero-order valence-electron chi connectivity index (χ0n) is 14.6. The molecule has 0 spiro atoms. The minimum absolute atomic E-state index is 0.412. The van der Waals surface area contributed by atoms with Gasteiger partial charge in [0.2, 0.25) is 0 Å². The van der Waals surface area contributed by atoms with Crippen molar-refractivity contribution in [3.05, 3.63) is 0 Å². The molecule has 0 aromatic carbocycles. The van der Waals surface area contributed by atoms with Gasteiger partial charge in [0.25, 0.3) is 0 Å². The second-order valence-corrected chi connectivity index (χ2v) is 6.36. The molecule has 0 radical (unpaired) electrons. The van der Waals surface area contributed by atoms with Crippen molar-refractivity contribution in [2.45, 2.75) is 91.6 Å². The van der Waals surface area contributed by atoms with Crippen molar-refractivity contribution in [1.29, 1.82) is 0 Å². The van der Waals surface area contributed by atoms with Crippen LogP contribution in [0, 0.1) is 5.92 Å². The summed E-state index contributed by atoms with van der Waals surface area (Å²) in [7, 11) is 0. The summed E-state index contributed by atoms with van der Waals surface area (Å²) in [5, 5.41) is 0. The molecule has 0 aliphatic rings. The van der Waals surface area contributed by atoms with Gasteiger partial charge < -0.3 is 4.74 Å². The molecular formula is C17H34O4. The molecule has 0 aliphatic heterocycles. The van der Waals surface area contributed by atoms with Gasteiger partial charge in [0.15, 0.2) is 0 Å². The fourth-order valence-electron chi connectivity index (χ4n) is 2.10. The summed E-state index contributed by atoms with van der Waals surface area (Å²) in [5.74, 6) is 0.412. The quantitative estimate of drug-likeness (QED) is 0.202. The highest BCUT2D eigenvalue weighted by Gasteiger charge is 2.22. The summed E-state index contributed by atoms with van der Waals surface area (Å²) in [6.07, 6.45) is 7.95. The smallest absolute Gasteiger partial charge is 0.432 e. The maximum atomic E-state index is 11.5. The van der Waals surface area contributed by atoms with E-state index >= 15 is 0 Å². The second kappa shape index (κ2) is 11.8. The molecule has 126 valence electrons.